The first-order valence-electron chi connectivity index (χ1n) is 26.3. The zero-order chi connectivity index (χ0) is 56.4. The molecule has 0 aromatic heterocycles. The number of anilines is 2. The Morgan fingerprint density at radius 2 is 1.13 bits per heavy atom. The number of phenols is 1. The molecule has 0 radical (unpaired) electrons. The molecule has 0 unspecified atom stereocenters. The molecule has 1 fully saturated rings. The van der Waals surface area contributed by atoms with Crippen LogP contribution in [-0.2, 0) is 58.1 Å². The minimum absolute atomic E-state index is 0.0915. The van der Waals surface area contributed by atoms with Crippen molar-refractivity contribution in [3.63, 3.8) is 0 Å². The minimum atomic E-state index is -1.68. The van der Waals surface area contributed by atoms with Crippen LogP contribution in [0.2, 0.25) is 0 Å². The number of fused-ring (bicyclic) bond motifs is 2. The molecule has 6 aromatic rings. The van der Waals surface area contributed by atoms with Gasteiger partial charge in [-0.2, -0.15) is 0 Å². The van der Waals surface area contributed by atoms with Crippen molar-refractivity contribution in [2.45, 2.75) is 109 Å². The van der Waals surface area contributed by atoms with E-state index in [1.54, 1.807) is 55.1 Å². The summed E-state index contributed by atoms with van der Waals surface area (Å²) in [5.41, 5.74) is 7.12. The molecule has 18 heteroatoms. The lowest BCUT2D eigenvalue weighted by Crippen LogP contribution is -2.51. The third-order valence-electron chi connectivity index (χ3n) is 13.5. The number of nitrogens with one attached hydrogen (secondary N) is 2. The van der Waals surface area contributed by atoms with E-state index in [0.29, 0.717) is 56.1 Å². The standard InChI is InChI=1S/C34H40BrN3O5.C27H28BrN3O5/c1-33(2,3)41-28-16-10-23(11-17-28)20-38(32(40)36-27-14-12-26(35)13-15-27)22-29-30(43-34(4,5)42-29)31(39)37-19-18-24-8-6-7-9-25(24)21-37;28-21-7-9-22(10-8-21)29-27(36)31(15-18-5-11-23(32)12-6-18)17-24(33)25(34)26(35)30-14-13-19-3-1-2-4-20(19)16-30/h6-17,29-30H,18-22H2,1-5H3,(H,36,40);1-12,24-25,32-34H,13-17H2,(H,29,36)/t29-,30+;24-,25+/m00/s1. The summed E-state index contributed by atoms with van der Waals surface area (Å²) in [4.78, 5) is 60.0. The topological polar surface area (TPSA) is 194 Å². The van der Waals surface area contributed by atoms with Crippen LogP contribution in [0.25, 0.3) is 0 Å². The summed E-state index contributed by atoms with van der Waals surface area (Å²) in [6.45, 7) is 11.8. The second kappa shape index (κ2) is 26.0. The lowest BCUT2D eigenvalue weighted by molar-refractivity contribution is -0.162. The number of carbonyl (C=O) groups excluding carboxylic acids is 4. The number of phenolic OH excluding ortho intramolecular Hbond substituents is 1. The molecule has 0 saturated carbocycles. The van der Waals surface area contributed by atoms with E-state index >= 15 is 0 Å². The van der Waals surface area contributed by atoms with Gasteiger partial charge < -0.3 is 59.8 Å². The normalized spacial score (nSPS) is 17.2. The van der Waals surface area contributed by atoms with E-state index in [2.05, 4.69) is 54.6 Å². The Balaban J connectivity index is 0.000000211. The summed E-state index contributed by atoms with van der Waals surface area (Å²) in [5, 5.41) is 36.8. The van der Waals surface area contributed by atoms with E-state index in [4.69, 9.17) is 14.2 Å². The summed E-state index contributed by atoms with van der Waals surface area (Å²) in [6.07, 6.45) is -3.21. The maximum atomic E-state index is 13.9. The van der Waals surface area contributed by atoms with Crippen LogP contribution in [0.5, 0.6) is 11.5 Å². The molecule has 6 aromatic carbocycles. The van der Waals surface area contributed by atoms with E-state index in [1.807, 2.05) is 111 Å². The van der Waals surface area contributed by atoms with E-state index in [0.717, 1.165) is 37.8 Å². The third kappa shape index (κ3) is 16.4. The molecule has 4 atom stereocenters. The van der Waals surface area contributed by atoms with Crippen LogP contribution in [0.1, 0.15) is 68.0 Å². The van der Waals surface area contributed by atoms with Gasteiger partial charge >= 0.3 is 12.1 Å². The Bertz CT molecular complexity index is 3050. The number of rotatable bonds is 14. The fourth-order valence-corrected chi connectivity index (χ4v) is 10.1. The second-order valence-corrected chi connectivity index (χ2v) is 23.2. The Morgan fingerprint density at radius 1 is 0.658 bits per heavy atom. The van der Waals surface area contributed by atoms with Crippen LogP contribution >= 0.6 is 31.9 Å². The molecule has 0 aliphatic carbocycles. The molecule has 3 aliphatic rings. The fourth-order valence-electron chi connectivity index (χ4n) is 9.59. The van der Waals surface area contributed by atoms with Crippen molar-refractivity contribution in [3.8, 4) is 11.5 Å². The summed E-state index contributed by atoms with van der Waals surface area (Å²) in [7, 11) is 0. The predicted molar refractivity (Wildman–Crippen MR) is 309 cm³/mol. The van der Waals surface area contributed by atoms with Crippen molar-refractivity contribution in [1.82, 2.24) is 19.6 Å². The van der Waals surface area contributed by atoms with Gasteiger partial charge in [-0.15, -0.1) is 0 Å². The van der Waals surface area contributed by atoms with Crippen molar-refractivity contribution in [2.24, 2.45) is 0 Å². The number of hydrogen-bond donors (Lipinski definition) is 5. The van der Waals surface area contributed by atoms with Crippen LogP contribution in [0.15, 0.2) is 155 Å². The maximum absolute atomic E-state index is 13.9. The average molecular weight is 1210 g/mol. The number of urea groups is 2. The molecular weight excluding hydrogens is 1140 g/mol. The molecule has 3 heterocycles. The first-order valence-corrected chi connectivity index (χ1v) is 27.9. The molecule has 5 N–H and O–H groups in total. The molecule has 416 valence electrons. The van der Waals surface area contributed by atoms with Crippen molar-refractivity contribution in [3.05, 3.63) is 188 Å². The summed E-state index contributed by atoms with van der Waals surface area (Å²) >= 11 is 6.79. The molecule has 16 nitrogen and oxygen atoms in total. The largest absolute Gasteiger partial charge is 0.508 e. The highest BCUT2D eigenvalue weighted by atomic mass is 79.9. The third-order valence-corrected chi connectivity index (χ3v) is 14.6. The SMILES string of the molecule is CC(C)(C)Oc1ccc(CN(C[C@@H]2OC(C)(C)O[C@H]2C(=O)N2CCc3ccccc3C2)C(=O)Nc2ccc(Br)cc2)cc1.O=C(Nc1ccc(Br)cc1)N(Cc1ccc(O)cc1)C[C@H](O)[C@@H](O)C(=O)N1CCc2ccccc2C1. The number of halogens is 2. The van der Waals surface area contributed by atoms with Gasteiger partial charge in [-0.3, -0.25) is 9.59 Å². The lowest BCUT2D eigenvalue weighted by atomic mass is 9.99. The number of ether oxygens (including phenoxy) is 3. The number of aromatic hydroxyl groups is 1. The van der Waals surface area contributed by atoms with Crippen LogP contribution < -0.4 is 15.4 Å². The summed E-state index contributed by atoms with van der Waals surface area (Å²) in [5.74, 6) is -0.825. The first kappa shape index (κ1) is 58.4. The van der Waals surface area contributed by atoms with E-state index in [1.165, 1.54) is 33.1 Å². The van der Waals surface area contributed by atoms with Gasteiger partial charge in [0.1, 0.15) is 29.3 Å². The number of amides is 6. The summed E-state index contributed by atoms with van der Waals surface area (Å²) in [6, 6.07) is 43.7. The molecule has 3 aliphatic heterocycles. The average Bonchev–Trinajstić information content (AvgIpc) is 3.93. The number of nitrogens with zero attached hydrogens (tertiary/aromatic N) is 4. The summed E-state index contributed by atoms with van der Waals surface area (Å²) < 4.78 is 20.2. The number of aliphatic hydroxyl groups excluding tert-OH is 2. The maximum Gasteiger partial charge on any atom is 0.322 e. The highest BCUT2D eigenvalue weighted by molar-refractivity contribution is 9.10. The smallest absolute Gasteiger partial charge is 0.322 e. The minimum Gasteiger partial charge on any atom is -0.508 e. The molecule has 9 rings (SSSR count). The van der Waals surface area contributed by atoms with Crippen LogP contribution in [0.4, 0.5) is 21.0 Å². The van der Waals surface area contributed by atoms with Crippen LogP contribution in [0, 0.1) is 0 Å². The van der Waals surface area contributed by atoms with Gasteiger partial charge in [-0.25, -0.2) is 9.59 Å². The van der Waals surface area contributed by atoms with Gasteiger partial charge in [0.2, 0.25) is 0 Å². The molecule has 79 heavy (non-hydrogen) atoms. The van der Waals surface area contributed by atoms with Crippen LogP contribution in [0.3, 0.4) is 0 Å². The van der Waals surface area contributed by atoms with Gasteiger partial charge in [-0.1, -0.05) is 105 Å². The van der Waals surface area contributed by atoms with Gasteiger partial charge in [-0.05, 0) is 154 Å². The number of aliphatic hydroxyl groups is 2. The number of carbonyl (C=O) groups is 4. The number of benzene rings is 6. The molecular formula is C61H68Br2N6O10. The lowest BCUT2D eigenvalue weighted by Gasteiger charge is -2.33. The van der Waals surface area contributed by atoms with E-state index in [-0.39, 0.29) is 42.9 Å². The second-order valence-electron chi connectivity index (χ2n) is 21.3. The molecule has 0 bridgehead atoms. The van der Waals surface area contributed by atoms with Gasteiger partial charge in [0.05, 0.1) is 13.1 Å². The van der Waals surface area contributed by atoms with Crippen molar-refractivity contribution >= 4 is 67.1 Å². The van der Waals surface area contributed by atoms with Gasteiger partial charge in [0.25, 0.3) is 11.8 Å². The van der Waals surface area contributed by atoms with Crippen molar-refractivity contribution in [2.75, 3.05) is 36.8 Å². The van der Waals surface area contributed by atoms with Gasteiger partial charge in [0, 0.05) is 59.6 Å². The van der Waals surface area contributed by atoms with E-state index < -0.39 is 42.1 Å². The highest BCUT2D eigenvalue weighted by Gasteiger charge is 2.48. The molecule has 6 amide bonds. The monoisotopic (exact) mass is 1200 g/mol. The Hall–Kier alpha value is -6.80. The number of hydrogen-bond acceptors (Lipinski definition) is 10. The highest BCUT2D eigenvalue weighted by Crippen LogP contribution is 2.33. The quantitative estimate of drug-likeness (QED) is 0.0701. The van der Waals surface area contributed by atoms with Crippen molar-refractivity contribution < 1.29 is 48.7 Å². The van der Waals surface area contributed by atoms with Crippen LogP contribution in [-0.4, -0.2) is 121 Å². The molecule has 0 spiro atoms. The zero-order valence-corrected chi connectivity index (χ0v) is 48.2. The zero-order valence-electron chi connectivity index (χ0n) is 45.0. The van der Waals surface area contributed by atoms with E-state index in [9.17, 15) is 34.5 Å². The Morgan fingerprint density at radius 3 is 1.66 bits per heavy atom. The fraction of sp³-hybridized carbons (Fsp3) is 0.344. The van der Waals surface area contributed by atoms with Gasteiger partial charge in [0.15, 0.2) is 18.0 Å². The Labute approximate surface area is 478 Å². The van der Waals surface area contributed by atoms with Crippen molar-refractivity contribution in [1.29, 1.82) is 0 Å². The predicted octanol–water partition coefficient (Wildman–Crippen LogP) is 10.3. The molecule has 1 saturated heterocycles. The first-order chi connectivity index (χ1) is 37.6. The Kier molecular flexibility index (Phi) is 19.2.